The standard InChI is InChI=1S/C17H24N2O6S/c1-10(16(22)23)18-15(21)13(17(2,3)4)19-14(20)11-8-6-7-9-12(11)26(5,24)25/h6-10,13H,1-5H3,(H,18,21)(H,19,20)(H,22,23)/t10-,13+/m0/s1. The Hall–Kier alpha value is -2.42. The van der Waals surface area contributed by atoms with Crippen molar-refractivity contribution in [3.63, 3.8) is 0 Å². The van der Waals surface area contributed by atoms with Gasteiger partial charge < -0.3 is 15.7 Å². The molecule has 144 valence electrons. The summed E-state index contributed by atoms with van der Waals surface area (Å²) in [6, 6.07) is 3.47. The summed E-state index contributed by atoms with van der Waals surface area (Å²) in [5.74, 6) is -2.61. The number of aliphatic carboxylic acids is 1. The molecular formula is C17H24N2O6S. The first-order valence-electron chi connectivity index (χ1n) is 7.88. The number of benzene rings is 1. The van der Waals surface area contributed by atoms with Gasteiger partial charge in [-0.05, 0) is 24.5 Å². The molecule has 0 saturated heterocycles. The molecule has 0 heterocycles. The van der Waals surface area contributed by atoms with Gasteiger partial charge in [0.15, 0.2) is 9.84 Å². The van der Waals surface area contributed by atoms with Crippen LogP contribution in [0.15, 0.2) is 29.2 Å². The number of amides is 2. The van der Waals surface area contributed by atoms with Crippen LogP contribution in [0.1, 0.15) is 38.1 Å². The predicted molar refractivity (Wildman–Crippen MR) is 95.5 cm³/mol. The molecular weight excluding hydrogens is 360 g/mol. The number of carboxylic acids is 1. The highest BCUT2D eigenvalue weighted by atomic mass is 32.2. The largest absolute Gasteiger partial charge is 0.480 e. The van der Waals surface area contributed by atoms with E-state index in [4.69, 9.17) is 5.11 Å². The predicted octanol–water partition coefficient (Wildman–Crippen LogP) is 0.824. The summed E-state index contributed by atoms with van der Waals surface area (Å²) in [6.07, 6.45) is 0.988. The third-order valence-corrected chi connectivity index (χ3v) is 4.82. The lowest BCUT2D eigenvalue weighted by Crippen LogP contribution is -2.56. The summed E-state index contributed by atoms with van der Waals surface area (Å²) in [7, 11) is -3.64. The van der Waals surface area contributed by atoms with E-state index in [1.165, 1.54) is 31.2 Å². The molecule has 8 nitrogen and oxygen atoms in total. The molecule has 0 aliphatic carbocycles. The average Bonchev–Trinajstić information content (AvgIpc) is 2.50. The highest BCUT2D eigenvalue weighted by Crippen LogP contribution is 2.21. The molecule has 1 aromatic carbocycles. The van der Waals surface area contributed by atoms with E-state index in [1.54, 1.807) is 20.8 Å². The molecule has 0 spiro atoms. The summed E-state index contributed by atoms with van der Waals surface area (Å²) in [6.45, 7) is 6.41. The van der Waals surface area contributed by atoms with Gasteiger partial charge in [0.25, 0.3) is 5.91 Å². The van der Waals surface area contributed by atoms with Crippen LogP contribution in [0.5, 0.6) is 0 Å². The Balaban J connectivity index is 3.17. The van der Waals surface area contributed by atoms with Gasteiger partial charge in [0.2, 0.25) is 5.91 Å². The van der Waals surface area contributed by atoms with Gasteiger partial charge >= 0.3 is 5.97 Å². The number of hydrogen-bond donors (Lipinski definition) is 3. The van der Waals surface area contributed by atoms with Crippen molar-refractivity contribution in [2.24, 2.45) is 5.41 Å². The van der Waals surface area contributed by atoms with Crippen LogP contribution < -0.4 is 10.6 Å². The van der Waals surface area contributed by atoms with Crippen molar-refractivity contribution >= 4 is 27.6 Å². The van der Waals surface area contributed by atoms with Crippen LogP contribution in [0.4, 0.5) is 0 Å². The van der Waals surface area contributed by atoms with Gasteiger partial charge in [-0.15, -0.1) is 0 Å². The Kier molecular flexibility index (Phi) is 6.54. The smallest absolute Gasteiger partial charge is 0.325 e. The summed E-state index contributed by atoms with van der Waals surface area (Å²) in [4.78, 5) is 35.9. The molecule has 0 fully saturated rings. The Morgan fingerprint density at radius 3 is 2.08 bits per heavy atom. The molecule has 0 aliphatic rings. The second-order valence-corrected chi connectivity index (χ2v) is 9.09. The molecule has 0 aliphatic heterocycles. The fourth-order valence-electron chi connectivity index (χ4n) is 2.22. The lowest BCUT2D eigenvalue weighted by Gasteiger charge is -2.31. The molecule has 0 aromatic heterocycles. The summed E-state index contributed by atoms with van der Waals surface area (Å²) >= 11 is 0. The average molecular weight is 384 g/mol. The lowest BCUT2D eigenvalue weighted by molar-refractivity contribution is -0.142. The minimum Gasteiger partial charge on any atom is -0.480 e. The minimum atomic E-state index is -3.64. The zero-order valence-corrected chi connectivity index (χ0v) is 16.2. The van der Waals surface area contributed by atoms with Crippen molar-refractivity contribution in [1.29, 1.82) is 0 Å². The Morgan fingerprint density at radius 2 is 1.62 bits per heavy atom. The first-order valence-corrected chi connectivity index (χ1v) is 9.77. The van der Waals surface area contributed by atoms with Gasteiger partial charge in [-0.3, -0.25) is 14.4 Å². The maximum absolute atomic E-state index is 12.6. The fourth-order valence-corrected chi connectivity index (χ4v) is 3.11. The van der Waals surface area contributed by atoms with E-state index in [9.17, 15) is 22.8 Å². The van der Waals surface area contributed by atoms with Crippen molar-refractivity contribution in [3.05, 3.63) is 29.8 Å². The van der Waals surface area contributed by atoms with Crippen LogP contribution >= 0.6 is 0 Å². The number of nitrogens with one attached hydrogen (secondary N) is 2. The van der Waals surface area contributed by atoms with E-state index in [1.807, 2.05) is 0 Å². The topological polar surface area (TPSA) is 130 Å². The molecule has 2 atom stereocenters. The molecule has 2 amide bonds. The SMILES string of the molecule is C[C@H](NC(=O)[C@@H](NC(=O)c1ccccc1S(C)(=O)=O)C(C)(C)C)C(=O)O. The van der Waals surface area contributed by atoms with Crippen molar-refractivity contribution in [1.82, 2.24) is 10.6 Å². The van der Waals surface area contributed by atoms with Crippen molar-refractivity contribution in [2.45, 2.75) is 44.7 Å². The molecule has 3 N–H and O–H groups in total. The Bertz CT molecular complexity index is 811. The molecule has 9 heteroatoms. The van der Waals surface area contributed by atoms with Crippen molar-refractivity contribution in [2.75, 3.05) is 6.26 Å². The number of hydrogen-bond acceptors (Lipinski definition) is 5. The van der Waals surface area contributed by atoms with Crippen LogP contribution in [-0.4, -0.2) is 49.6 Å². The summed E-state index contributed by atoms with van der Waals surface area (Å²) < 4.78 is 23.7. The van der Waals surface area contributed by atoms with Gasteiger partial charge in [-0.2, -0.15) is 0 Å². The van der Waals surface area contributed by atoms with Gasteiger partial charge in [0, 0.05) is 6.26 Å². The Labute approximate surface area is 152 Å². The second-order valence-electron chi connectivity index (χ2n) is 7.11. The van der Waals surface area contributed by atoms with Gasteiger partial charge in [0.1, 0.15) is 12.1 Å². The highest BCUT2D eigenvalue weighted by molar-refractivity contribution is 7.90. The van der Waals surface area contributed by atoms with E-state index >= 15 is 0 Å². The zero-order valence-electron chi connectivity index (χ0n) is 15.4. The first kappa shape index (κ1) is 21.6. The maximum atomic E-state index is 12.6. The van der Waals surface area contributed by atoms with Crippen molar-refractivity contribution in [3.8, 4) is 0 Å². The molecule has 0 radical (unpaired) electrons. The quantitative estimate of drug-likeness (QED) is 0.666. The fraction of sp³-hybridized carbons (Fsp3) is 0.471. The molecule has 0 unspecified atom stereocenters. The number of carboxylic acid groups (broad SMARTS) is 1. The van der Waals surface area contributed by atoms with Gasteiger partial charge in [-0.25, -0.2) is 8.42 Å². The van der Waals surface area contributed by atoms with E-state index in [0.29, 0.717) is 0 Å². The Morgan fingerprint density at radius 1 is 1.08 bits per heavy atom. The van der Waals surface area contributed by atoms with Crippen molar-refractivity contribution < 1.29 is 27.9 Å². The number of sulfone groups is 1. The highest BCUT2D eigenvalue weighted by Gasteiger charge is 2.35. The minimum absolute atomic E-state index is 0.0802. The second kappa shape index (κ2) is 7.86. The molecule has 0 saturated carbocycles. The van der Waals surface area contributed by atoms with Crippen LogP contribution in [0.3, 0.4) is 0 Å². The maximum Gasteiger partial charge on any atom is 0.325 e. The summed E-state index contributed by atoms with van der Waals surface area (Å²) in [5.41, 5.74) is -0.818. The van der Waals surface area contributed by atoms with E-state index in [2.05, 4.69) is 10.6 Å². The first-order chi connectivity index (χ1) is 11.7. The van der Waals surface area contributed by atoms with Crippen LogP contribution in [0, 0.1) is 5.41 Å². The number of rotatable bonds is 6. The lowest BCUT2D eigenvalue weighted by atomic mass is 9.85. The number of carbonyl (C=O) groups excluding carboxylic acids is 2. The monoisotopic (exact) mass is 384 g/mol. The van der Waals surface area contributed by atoms with Crippen LogP contribution in [0.25, 0.3) is 0 Å². The molecule has 1 rings (SSSR count). The van der Waals surface area contributed by atoms with Gasteiger partial charge in [0.05, 0.1) is 10.5 Å². The van der Waals surface area contributed by atoms with E-state index in [-0.39, 0.29) is 10.5 Å². The normalized spacial score (nSPS) is 14.2. The van der Waals surface area contributed by atoms with Crippen LogP contribution in [0.2, 0.25) is 0 Å². The van der Waals surface area contributed by atoms with Crippen LogP contribution in [-0.2, 0) is 19.4 Å². The molecule has 1 aromatic rings. The summed E-state index contributed by atoms with van der Waals surface area (Å²) in [5, 5.41) is 13.8. The number of carbonyl (C=O) groups is 3. The molecule has 0 bridgehead atoms. The van der Waals surface area contributed by atoms with E-state index in [0.717, 1.165) is 6.26 Å². The third-order valence-electron chi connectivity index (χ3n) is 3.66. The third kappa shape index (κ3) is 5.55. The zero-order chi connectivity index (χ0) is 20.3. The molecule has 26 heavy (non-hydrogen) atoms. The van der Waals surface area contributed by atoms with E-state index < -0.39 is 45.1 Å². The van der Waals surface area contributed by atoms with Gasteiger partial charge in [-0.1, -0.05) is 32.9 Å².